The monoisotopic (exact) mass is 258 g/mol. The molecule has 1 aromatic rings. The molecule has 0 saturated carbocycles. The van der Waals surface area contributed by atoms with Gasteiger partial charge in [-0.25, -0.2) is 8.78 Å². The molecule has 18 heavy (non-hydrogen) atoms. The Morgan fingerprint density at radius 2 is 1.83 bits per heavy atom. The van der Waals surface area contributed by atoms with Gasteiger partial charge in [-0.15, -0.1) is 0 Å². The van der Waals surface area contributed by atoms with E-state index in [1.165, 1.54) is 12.1 Å². The van der Waals surface area contributed by atoms with Crippen LogP contribution < -0.4 is 5.73 Å². The van der Waals surface area contributed by atoms with Crippen molar-refractivity contribution in [1.82, 2.24) is 4.90 Å². The molecule has 0 aromatic heterocycles. The van der Waals surface area contributed by atoms with Crippen molar-refractivity contribution in [2.24, 2.45) is 5.73 Å². The second kappa shape index (κ2) is 8.13. The Kier molecular flexibility index (Phi) is 6.78. The summed E-state index contributed by atoms with van der Waals surface area (Å²) >= 11 is 0. The zero-order valence-electron chi connectivity index (χ0n) is 10.7. The Balaban J connectivity index is 2.62. The van der Waals surface area contributed by atoms with Crippen LogP contribution >= 0.6 is 0 Å². The second-order valence-electron chi connectivity index (χ2n) is 4.19. The van der Waals surface area contributed by atoms with E-state index in [4.69, 9.17) is 10.5 Å². The summed E-state index contributed by atoms with van der Waals surface area (Å²) in [6, 6.07) is 3.58. The zero-order chi connectivity index (χ0) is 13.4. The summed E-state index contributed by atoms with van der Waals surface area (Å²) in [5.74, 6) is -1.09. The van der Waals surface area contributed by atoms with Crippen molar-refractivity contribution in [2.75, 3.05) is 33.4 Å². The molecule has 0 aliphatic rings. The number of benzene rings is 1. The van der Waals surface area contributed by atoms with Crippen molar-refractivity contribution in [3.05, 3.63) is 35.4 Å². The number of ether oxygens (including phenoxy) is 1. The average Bonchev–Trinajstić information content (AvgIpc) is 2.31. The van der Waals surface area contributed by atoms with Gasteiger partial charge in [0, 0.05) is 26.3 Å². The number of rotatable bonds is 8. The Labute approximate surface area is 107 Å². The molecule has 0 amide bonds. The topological polar surface area (TPSA) is 38.5 Å². The molecule has 0 radical (unpaired) electrons. The second-order valence-corrected chi connectivity index (χ2v) is 4.19. The smallest absolute Gasteiger partial charge is 0.126 e. The quantitative estimate of drug-likeness (QED) is 0.772. The van der Waals surface area contributed by atoms with Crippen molar-refractivity contribution >= 4 is 0 Å². The van der Waals surface area contributed by atoms with Gasteiger partial charge in [-0.2, -0.15) is 0 Å². The van der Waals surface area contributed by atoms with E-state index in [0.29, 0.717) is 31.8 Å². The summed E-state index contributed by atoms with van der Waals surface area (Å²) in [4.78, 5) is 2.07. The third-order valence-corrected chi connectivity index (χ3v) is 2.62. The number of nitrogens with zero attached hydrogens (tertiary/aromatic N) is 1. The lowest BCUT2D eigenvalue weighted by molar-refractivity contribution is 0.143. The van der Waals surface area contributed by atoms with Crippen LogP contribution in [-0.2, 0) is 11.3 Å². The standard InChI is InChI=1S/C13H20F2N2O/c1-18-6-5-17(4-2-3-16)10-11-7-12(14)9-13(15)8-11/h7-9H,2-6,10,16H2,1H3. The van der Waals surface area contributed by atoms with E-state index in [-0.39, 0.29) is 0 Å². The first-order valence-corrected chi connectivity index (χ1v) is 6.02. The number of halogens is 2. The molecule has 5 heteroatoms. The maximum atomic E-state index is 13.1. The van der Waals surface area contributed by atoms with E-state index in [2.05, 4.69) is 4.90 Å². The molecule has 0 fully saturated rings. The Morgan fingerprint density at radius 1 is 1.17 bits per heavy atom. The van der Waals surface area contributed by atoms with Crippen LogP contribution in [0.4, 0.5) is 8.78 Å². The summed E-state index contributed by atoms with van der Waals surface area (Å²) in [5.41, 5.74) is 6.09. The van der Waals surface area contributed by atoms with Gasteiger partial charge in [-0.3, -0.25) is 4.90 Å². The third kappa shape index (κ3) is 5.53. The highest BCUT2D eigenvalue weighted by Gasteiger charge is 2.07. The molecule has 3 nitrogen and oxygen atoms in total. The number of methoxy groups -OCH3 is 1. The third-order valence-electron chi connectivity index (χ3n) is 2.62. The lowest BCUT2D eigenvalue weighted by Crippen LogP contribution is -2.29. The Bertz CT molecular complexity index is 333. The molecule has 1 aromatic carbocycles. The fraction of sp³-hybridized carbons (Fsp3) is 0.538. The fourth-order valence-electron chi connectivity index (χ4n) is 1.77. The van der Waals surface area contributed by atoms with Gasteiger partial charge in [0.15, 0.2) is 0 Å². The molecule has 0 unspecified atom stereocenters. The SMILES string of the molecule is COCCN(CCCN)Cc1cc(F)cc(F)c1. The summed E-state index contributed by atoms with van der Waals surface area (Å²) < 4.78 is 31.2. The predicted octanol–water partition coefficient (Wildman–Crippen LogP) is 1.76. The van der Waals surface area contributed by atoms with Crippen LogP contribution in [0.3, 0.4) is 0 Å². The first-order valence-electron chi connectivity index (χ1n) is 6.02. The van der Waals surface area contributed by atoms with E-state index in [9.17, 15) is 8.78 Å². The Morgan fingerprint density at radius 3 is 2.39 bits per heavy atom. The number of hydrogen-bond acceptors (Lipinski definition) is 3. The molecule has 2 N–H and O–H groups in total. The van der Waals surface area contributed by atoms with Crippen LogP contribution in [0.5, 0.6) is 0 Å². The van der Waals surface area contributed by atoms with Gasteiger partial charge >= 0.3 is 0 Å². The van der Waals surface area contributed by atoms with Gasteiger partial charge in [-0.05, 0) is 37.2 Å². The van der Waals surface area contributed by atoms with Gasteiger partial charge < -0.3 is 10.5 Å². The van der Waals surface area contributed by atoms with Crippen LogP contribution in [0.1, 0.15) is 12.0 Å². The molecule has 102 valence electrons. The summed E-state index contributed by atoms with van der Waals surface area (Å²) in [6.07, 6.45) is 0.849. The minimum atomic E-state index is -0.546. The van der Waals surface area contributed by atoms with Crippen LogP contribution in [0.25, 0.3) is 0 Å². The molecule has 1 rings (SSSR count). The van der Waals surface area contributed by atoms with Crippen molar-refractivity contribution in [2.45, 2.75) is 13.0 Å². The van der Waals surface area contributed by atoms with Gasteiger partial charge in [0.05, 0.1) is 6.61 Å². The van der Waals surface area contributed by atoms with Gasteiger partial charge in [0.25, 0.3) is 0 Å². The molecule has 0 saturated heterocycles. The first-order chi connectivity index (χ1) is 8.65. The highest BCUT2D eigenvalue weighted by Crippen LogP contribution is 2.10. The van der Waals surface area contributed by atoms with E-state index in [1.54, 1.807) is 7.11 Å². The van der Waals surface area contributed by atoms with Crippen molar-refractivity contribution in [3.8, 4) is 0 Å². The fourth-order valence-corrected chi connectivity index (χ4v) is 1.77. The molecular weight excluding hydrogens is 238 g/mol. The summed E-state index contributed by atoms with van der Waals surface area (Å²) in [7, 11) is 1.63. The van der Waals surface area contributed by atoms with E-state index in [1.807, 2.05) is 0 Å². The van der Waals surface area contributed by atoms with Gasteiger partial charge in [0.2, 0.25) is 0 Å². The van der Waals surface area contributed by atoms with E-state index >= 15 is 0 Å². The summed E-state index contributed by atoms with van der Waals surface area (Å²) in [5, 5.41) is 0. The molecular formula is C13H20F2N2O. The Hall–Kier alpha value is -1.04. The first kappa shape index (κ1) is 15.0. The van der Waals surface area contributed by atoms with Crippen LogP contribution in [0.2, 0.25) is 0 Å². The molecule has 0 aliphatic heterocycles. The van der Waals surface area contributed by atoms with Crippen LogP contribution in [0.15, 0.2) is 18.2 Å². The highest BCUT2D eigenvalue weighted by molar-refractivity contribution is 5.17. The molecule has 0 bridgehead atoms. The average molecular weight is 258 g/mol. The van der Waals surface area contributed by atoms with Crippen molar-refractivity contribution < 1.29 is 13.5 Å². The highest BCUT2D eigenvalue weighted by atomic mass is 19.1. The molecule has 0 atom stereocenters. The normalized spacial score (nSPS) is 11.2. The maximum absolute atomic E-state index is 13.1. The van der Waals surface area contributed by atoms with Gasteiger partial charge in [-0.1, -0.05) is 0 Å². The van der Waals surface area contributed by atoms with Crippen molar-refractivity contribution in [1.29, 1.82) is 0 Å². The van der Waals surface area contributed by atoms with E-state index in [0.717, 1.165) is 19.0 Å². The number of hydrogen-bond donors (Lipinski definition) is 1. The predicted molar refractivity (Wildman–Crippen MR) is 67.2 cm³/mol. The lowest BCUT2D eigenvalue weighted by atomic mass is 10.2. The zero-order valence-corrected chi connectivity index (χ0v) is 10.7. The minimum absolute atomic E-state index is 0.498. The van der Waals surface area contributed by atoms with Crippen LogP contribution in [0, 0.1) is 11.6 Å². The van der Waals surface area contributed by atoms with Crippen molar-refractivity contribution in [3.63, 3.8) is 0 Å². The van der Waals surface area contributed by atoms with Crippen LogP contribution in [-0.4, -0.2) is 38.3 Å². The summed E-state index contributed by atoms with van der Waals surface area (Å²) in [6.45, 7) is 3.19. The minimum Gasteiger partial charge on any atom is -0.383 e. The van der Waals surface area contributed by atoms with E-state index < -0.39 is 11.6 Å². The molecule has 0 heterocycles. The number of nitrogens with two attached hydrogens (primary N) is 1. The maximum Gasteiger partial charge on any atom is 0.126 e. The lowest BCUT2D eigenvalue weighted by Gasteiger charge is -2.21. The largest absolute Gasteiger partial charge is 0.383 e. The molecule has 0 aliphatic carbocycles. The molecule has 0 spiro atoms. The van der Waals surface area contributed by atoms with Gasteiger partial charge in [0.1, 0.15) is 11.6 Å².